The minimum atomic E-state index is -0.247. The van der Waals surface area contributed by atoms with E-state index in [0.717, 1.165) is 5.56 Å². The summed E-state index contributed by atoms with van der Waals surface area (Å²) in [5.41, 5.74) is 0.786. The summed E-state index contributed by atoms with van der Waals surface area (Å²) in [7, 11) is 3.11. The van der Waals surface area contributed by atoms with Crippen molar-refractivity contribution in [1.29, 1.82) is 0 Å². The fourth-order valence-electron chi connectivity index (χ4n) is 2.55. The van der Waals surface area contributed by atoms with Gasteiger partial charge in [0, 0.05) is 12.8 Å². The highest BCUT2D eigenvalue weighted by atomic mass is 16.5. The smallest absolute Gasteiger partial charge is 0.167 e. The second-order valence-electron chi connectivity index (χ2n) is 6.04. The molecule has 0 saturated heterocycles. The molecule has 21 heavy (non-hydrogen) atoms. The van der Waals surface area contributed by atoms with Gasteiger partial charge in [-0.2, -0.15) is 0 Å². The standard InChI is InChI=1S/C17H20O4/c1-17(2)9-13(18)12(14(19)10-17)7-11-5-6-15(20-3)16(8-11)21-4/h5-8H,9-10H2,1-4H3. The molecule has 0 atom stereocenters. The zero-order valence-electron chi connectivity index (χ0n) is 12.9. The van der Waals surface area contributed by atoms with Crippen molar-refractivity contribution in [3.63, 3.8) is 0 Å². The Morgan fingerprint density at radius 2 is 1.57 bits per heavy atom. The maximum Gasteiger partial charge on any atom is 0.167 e. The van der Waals surface area contributed by atoms with Gasteiger partial charge in [-0.3, -0.25) is 9.59 Å². The molecule has 0 bridgehead atoms. The zero-order valence-corrected chi connectivity index (χ0v) is 12.9. The number of ketones is 2. The second-order valence-corrected chi connectivity index (χ2v) is 6.04. The van der Waals surface area contributed by atoms with Crippen LogP contribution in [0, 0.1) is 5.41 Å². The Hall–Kier alpha value is -2.10. The van der Waals surface area contributed by atoms with Gasteiger partial charge in [0.1, 0.15) is 0 Å². The van der Waals surface area contributed by atoms with Crippen molar-refractivity contribution in [2.75, 3.05) is 14.2 Å². The molecular formula is C17H20O4. The zero-order chi connectivity index (χ0) is 15.6. The van der Waals surface area contributed by atoms with Crippen molar-refractivity contribution in [2.45, 2.75) is 26.7 Å². The highest BCUT2D eigenvalue weighted by Crippen LogP contribution is 2.35. The number of ether oxygens (including phenoxy) is 2. The van der Waals surface area contributed by atoms with Crippen LogP contribution < -0.4 is 9.47 Å². The van der Waals surface area contributed by atoms with E-state index in [4.69, 9.17) is 9.47 Å². The number of hydrogen-bond donors (Lipinski definition) is 0. The summed E-state index contributed by atoms with van der Waals surface area (Å²) in [5.74, 6) is 1.00. The van der Waals surface area contributed by atoms with E-state index in [1.807, 2.05) is 13.8 Å². The predicted octanol–water partition coefficient (Wildman–Crippen LogP) is 3.05. The Bertz CT molecular complexity index is 589. The Labute approximate surface area is 124 Å². The van der Waals surface area contributed by atoms with E-state index in [-0.39, 0.29) is 22.6 Å². The number of methoxy groups -OCH3 is 2. The quantitative estimate of drug-likeness (QED) is 0.633. The van der Waals surface area contributed by atoms with Gasteiger partial charge in [0.2, 0.25) is 0 Å². The molecule has 1 fully saturated rings. The van der Waals surface area contributed by atoms with Gasteiger partial charge in [0.15, 0.2) is 23.1 Å². The van der Waals surface area contributed by atoms with Crippen LogP contribution in [0.2, 0.25) is 0 Å². The summed E-state index contributed by atoms with van der Waals surface area (Å²) in [6.45, 7) is 3.88. The van der Waals surface area contributed by atoms with E-state index in [9.17, 15) is 9.59 Å². The maximum absolute atomic E-state index is 12.2. The lowest BCUT2D eigenvalue weighted by atomic mass is 9.74. The first-order chi connectivity index (χ1) is 9.86. The number of rotatable bonds is 3. The third-order valence-corrected chi connectivity index (χ3v) is 3.60. The molecule has 0 aromatic heterocycles. The molecule has 0 aliphatic heterocycles. The van der Waals surface area contributed by atoms with Gasteiger partial charge >= 0.3 is 0 Å². The maximum atomic E-state index is 12.2. The Balaban J connectivity index is 2.35. The fraction of sp³-hybridized carbons (Fsp3) is 0.412. The molecule has 2 rings (SSSR count). The van der Waals surface area contributed by atoms with E-state index < -0.39 is 0 Å². The Kier molecular flexibility index (Phi) is 4.16. The van der Waals surface area contributed by atoms with E-state index in [1.165, 1.54) is 0 Å². The number of allylic oxidation sites excluding steroid dienone is 1. The Morgan fingerprint density at radius 3 is 2.10 bits per heavy atom. The number of carbonyl (C=O) groups is 2. The molecule has 4 nitrogen and oxygen atoms in total. The summed E-state index contributed by atoms with van der Waals surface area (Å²) in [6.07, 6.45) is 2.44. The summed E-state index contributed by atoms with van der Waals surface area (Å²) in [6, 6.07) is 5.31. The van der Waals surface area contributed by atoms with Gasteiger partial charge in [-0.05, 0) is 29.2 Å². The monoisotopic (exact) mass is 288 g/mol. The highest BCUT2D eigenvalue weighted by molar-refractivity contribution is 6.25. The van der Waals surface area contributed by atoms with Gasteiger partial charge in [0.05, 0.1) is 19.8 Å². The average molecular weight is 288 g/mol. The molecule has 0 heterocycles. The molecule has 0 spiro atoms. The lowest BCUT2D eigenvalue weighted by molar-refractivity contribution is -0.127. The average Bonchev–Trinajstić information content (AvgIpc) is 2.41. The molecule has 1 aromatic carbocycles. The normalized spacial score (nSPS) is 17.6. The third kappa shape index (κ3) is 3.32. The fourth-order valence-corrected chi connectivity index (χ4v) is 2.55. The van der Waals surface area contributed by atoms with Crippen LogP contribution >= 0.6 is 0 Å². The van der Waals surface area contributed by atoms with Gasteiger partial charge < -0.3 is 9.47 Å². The predicted molar refractivity (Wildman–Crippen MR) is 80.6 cm³/mol. The largest absolute Gasteiger partial charge is 0.493 e. The van der Waals surface area contributed by atoms with E-state index in [1.54, 1.807) is 38.5 Å². The summed E-state index contributed by atoms with van der Waals surface area (Å²) < 4.78 is 10.4. The van der Waals surface area contributed by atoms with Crippen LogP contribution in [-0.2, 0) is 9.59 Å². The first-order valence-electron chi connectivity index (χ1n) is 6.86. The van der Waals surface area contributed by atoms with Gasteiger partial charge in [0.25, 0.3) is 0 Å². The number of hydrogen-bond acceptors (Lipinski definition) is 4. The van der Waals surface area contributed by atoms with Crippen LogP contribution in [0.5, 0.6) is 11.5 Å². The first-order valence-corrected chi connectivity index (χ1v) is 6.86. The molecule has 0 amide bonds. The van der Waals surface area contributed by atoms with Crippen LogP contribution in [0.3, 0.4) is 0 Å². The summed E-state index contributed by atoms with van der Waals surface area (Å²) in [5, 5.41) is 0. The molecule has 4 heteroatoms. The Morgan fingerprint density at radius 1 is 1.00 bits per heavy atom. The van der Waals surface area contributed by atoms with Crippen molar-refractivity contribution in [1.82, 2.24) is 0 Å². The van der Waals surface area contributed by atoms with Crippen LogP contribution in [0.1, 0.15) is 32.3 Å². The second kappa shape index (κ2) is 5.72. The van der Waals surface area contributed by atoms with Gasteiger partial charge in [-0.25, -0.2) is 0 Å². The molecule has 0 radical (unpaired) electrons. The lowest BCUT2D eigenvalue weighted by Crippen LogP contribution is -2.31. The van der Waals surface area contributed by atoms with E-state index in [2.05, 4.69) is 0 Å². The molecule has 0 N–H and O–H groups in total. The van der Waals surface area contributed by atoms with E-state index >= 15 is 0 Å². The van der Waals surface area contributed by atoms with Crippen molar-refractivity contribution < 1.29 is 19.1 Å². The minimum Gasteiger partial charge on any atom is -0.493 e. The number of benzene rings is 1. The number of Topliss-reactive ketones (excluding diaryl/α,β-unsaturated/α-hetero) is 2. The molecule has 0 unspecified atom stereocenters. The molecule has 1 aliphatic carbocycles. The van der Waals surface area contributed by atoms with Crippen molar-refractivity contribution in [3.8, 4) is 11.5 Å². The van der Waals surface area contributed by atoms with Gasteiger partial charge in [-0.1, -0.05) is 19.9 Å². The lowest BCUT2D eigenvalue weighted by Gasteiger charge is -2.28. The third-order valence-electron chi connectivity index (χ3n) is 3.60. The first kappa shape index (κ1) is 15.3. The van der Waals surface area contributed by atoms with Crippen LogP contribution in [0.25, 0.3) is 6.08 Å². The summed E-state index contributed by atoms with van der Waals surface area (Å²) in [4.78, 5) is 24.3. The molecule has 112 valence electrons. The van der Waals surface area contributed by atoms with Crippen LogP contribution in [0.4, 0.5) is 0 Å². The van der Waals surface area contributed by atoms with E-state index in [0.29, 0.717) is 24.3 Å². The summed E-state index contributed by atoms with van der Waals surface area (Å²) >= 11 is 0. The molecule has 1 aromatic rings. The molecular weight excluding hydrogens is 268 g/mol. The van der Waals surface area contributed by atoms with Crippen LogP contribution in [-0.4, -0.2) is 25.8 Å². The van der Waals surface area contributed by atoms with Gasteiger partial charge in [-0.15, -0.1) is 0 Å². The van der Waals surface area contributed by atoms with Crippen molar-refractivity contribution in [2.24, 2.45) is 5.41 Å². The topological polar surface area (TPSA) is 52.6 Å². The highest BCUT2D eigenvalue weighted by Gasteiger charge is 2.35. The van der Waals surface area contributed by atoms with Crippen molar-refractivity contribution >= 4 is 17.6 Å². The van der Waals surface area contributed by atoms with Crippen LogP contribution in [0.15, 0.2) is 23.8 Å². The SMILES string of the molecule is COc1ccc(C=C2C(=O)CC(C)(C)CC2=O)cc1OC. The minimum absolute atomic E-state index is 0.0916. The number of carbonyl (C=O) groups excluding carboxylic acids is 2. The van der Waals surface area contributed by atoms with Crippen molar-refractivity contribution in [3.05, 3.63) is 29.3 Å². The molecule has 1 aliphatic rings. The molecule has 1 saturated carbocycles.